The van der Waals surface area contributed by atoms with Gasteiger partial charge in [0.2, 0.25) is 12.2 Å². The molecule has 0 spiro atoms. The molecule has 0 aromatic heterocycles. The van der Waals surface area contributed by atoms with Gasteiger partial charge < -0.3 is 25.0 Å². The van der Waals surface area contributed by atoms with Crippen LogP contribution in [0.15, 0.2) is 42.5 Å². The van der Waals surface area contributed by atoms with Crippen molar-refractivity contribution >= 4 is 5.91 Å². The number of carbonyl (C=O) groups is 1. The molecule has 3 rings (SSSR count). The smallest absolute Gasteiger partial charge is 0.228 e. The maximum atomic E-state index is 13.9. The highest BCUT2D eigenvalue weighted by Gasteiger charge is 2.43. The van der Waals surface area contributed by atoms with E-state index in [1.165, 1.54) is 19.1 Å². The Balaban J connectivity index is 1.86. The standard InChI is InChI=1S/C26H34FNO5/c1-15(2)12-23-16(3)24(30)25(31)26(33-23)32-21-9-8-18(10-11-28-17(4)29)22(14-21)19-6-5-7-20(27)13-19/h5-9,13-16,23-26,30-31H,10-12H2,1-4H3,(H,28,29)/t16-,23+,24+,25+,26-/m0/s1. The lowest BCUT2D eigenvalue weighted by Crippen LogP contribution is -2.55. The monoisotopic (exact) mass is 459 g/mol. The fourth-order valence-corrected chi connectivity index (χ4v) is 4.18. The van der Waals surface area contributed by atoms with Gasteiger partial charge >= 0.3 is 0 Å². The van der Waals surface area contributed by atoms with Crippen LogP contribution in [0, 0.1) is 17.7 Å². The van der Waals surface area contributed by atoms with Gasteiger partial charge in [-0.05, 0) is 59.7 Å². The molecule has 7 heteroatoms. The minimum atomic E-state index is -1.19. The van der Waals surface area contributed by atoms with E-state index in [9.17, 15) is 19.4 Å². The molecule has 2 aromatic rings. The number of carbonyl (C=O) groups excluding carboxylic acids is 1. The largest absolute Gasteiger partial charge is 0.462 e. The second-order valence-corrected chi connectivity index (χ2v) is 9.19. The molecule has 3 N–H and O–H groups in total. The number of rotatable bonds is 8. The molecule has 2 aromatic carbocycles. The summed E-state index contributed by atoms with van der Waals surface area (Å²) in [6.45, 7) is 7.93. The Kier molecular flexibility index (Phi) is 8.46. The average molecular weight is 460 g/mol. The molecule has 6 nitrogen and oxygen atoms in total. The zero-order valence-corrected chi connectivity index (χ0v) is 19.6. The van der Waals surface area contributed by atoms with Gasteiger partial charge in [0.1, 0.15) is 17.7 Å². The van der Waals surface area contributed by atoms with Gasteiger partial charge in [-0.25, -0.2) is 4.39 Å². The number of aliphatic hydroxyl groups is 2. The topological polar surface area (TPSA) is 88.0 Å². The van der Waals surface area contributed by atoms with Crippen LogP contribution in [0.1, 0.15) is 39.7 Å². The van der Waals surface area contributed by atoms with Crippen molar-refractivity contribution in [1.29, 1.82) is 0 Å². The van der Waals surface area contributed by atoms with E-state index in [1.54, 1.807) is 24.3 Å². The Morgan fingerprint density at radius 3 is 2.61 bits per heavy atom. The molecule has 0 aliphatic carbocycles. The van der Waals surface area contributed by atoms with Crippen LogP contribution in [-0.2, 0) is 16.0 Å². The van der Waals surface area contributed by atoms with Crippen molar-refractivity contribution in [2.45, 2.75) is 65.1 Å². The fourth-order valence-electron chi connectivity index (χ4n) is 4.18. The molecule has 0 saturated carbocycles. The van der Waals surface area contributed by atoms with Crippen LogP contribution < -0.4 is 10.1 Å². The normalized spacial score (nSPS) is 25.2. The van der Waals surface area contributed by atoms with E-state index in [-0.39, 0.29) is 23.7 Å². The minimum absolute atomic E-state index is 0.116. The number of hydrogen-bond acceptors (Lipinski definition) is 5. The van der Waals surface area contributed by atoms with Gasteiger partial charge in [0.05, 0.1) is 12.2 Å². The molecular formula is C26H34FNO5. The van der Waals surface area contributed by atoms with Gasteiger partial charge in [0, 0.05) is 19.4 Å². The Morgan fingerprint density at radius 1 is 1.18 bits per heavy atom. The lowest BCUT2D eigenvalue weighted by atomic mass is 9.86. The number of nitrogens with one attached hydrogen (secondary N) is 1. The van der Waals surface area contributed by atoms with Gasteiger partial charge in [0.25, 0.3) is 0 Å². The average Bonchev–Trinajstić information content (AvgIpc) is 2.75. The first-order valence-electron chi connectivity index (χ1n) is 11.5. The van der Waals surface area contributed by atoms with Crippen LogP contribution >= 0.6 is 0 Å². The van der Waals surface area contributed by atoms with Crippen LogP contribution in [0.2, 0.25) is 0 Å². The lowest BCUT2D eigenvalue weighted by Gasteiger charge is -2.42. The maximum Gasteiger partial charge on any atom is 0.228 e. The van der Waals surface area contributed by atoms with Crippen molar-refractivity contribution < 1.29 is 28.9 Å². The predicted octanol–water partition coefficient (Wildman–Crippen LogP) is 3.68. The lowest BCUT2D eigenvalue weighted by molar-refractivity contribution is -0.257. The SMILES string of the molecule is CC(=O)NCCc1ccc(O[C@H]2O[C@H](CC(C)C)[C@H](C)[C@@H](O)[C@H]2O)cc1-c1cccc(F)c1. The van der Waals surface area contributed by atoms with Crippen molar-refractivity contribution in [3.63, 3.8) is 0 Å². The third kappa shape index (κ3) is 6.53. The molecular weight excluding hydrogens is 425 g/mol. The molecule has 1 heterocycles. The van der Waals surface area contributed by atoms with Crippen molar-refractivity contribution in [3.05, 3.63) is 53.8 Å². The molecule has 1 aliphatic heterocycles. The number of halogens is 1. The fraction of sp³-hybridized carbons (Fsp3) is 0.500. The third-order valence-electron chi connectivity index (χ3n) is 6.00. The summed E-state index contributed by atoms with van der Waals surface area (Å²) in [6.07, 6.45) is -2.13. The molecule has 1 fully saturated rings. The number of ether oxygens (including phenoxy) is 2. The molecule has 1 saturated heterocycles. The van der Waals surface area contributed by atoms with Gasteiger partial charge in [-0.3, -0.25) is 4.79 Å². The molecule has 0 radical (unpaired) electrons. The van der Waals surface area contributed by atoms with Crippen LogP contribution in [-0.4, -0.2) is 47.3 Å². The molecule has 1 amide bonds. The number of amides is 1. The van der Waals surface area contributed by atoms with Crippen LogP contribution in [0.5, 0.6) is 5.75 Å². The molecule has 1 aliphatic rings. The Labute approximate surface area is 194 Å². The van der Waals surface area contributed by atoms with Crippen molar-refractivity contribution in [2.75, 3.05) is 6.54 Å². The summed E-state index contributed by atoms with van der Waals surface area (Å²) in [6, 6.07) is 11.6. The summed E-state index contributed by atoms with van der Waals surface area (Å²) in [5.41, 5.74) is 2.35. The van der Waals surface area contributed by atoms with Crippen LogP contribution in [0.4, 0.5) is 4.39 Å². The third-order valence-corrected chi connectivity index (χ3v) is 6.00. The summed E-state index contributed by atoms with van der Waals surface area (Å²) < 4.78 is 26.0. The highest BCUT2D eigenvalue weighted by Crippen LogP contribution is 2.33. The molecule has 0 bridgehead atoms. The van der Waals surface area contributed by atoms with Crippen LogP contribution in [0.3, 0.4) is 0 Å². The van der Waals surface area contributed by atoms with Crippen molar-refractivity contribution in [2.24, 2.45) is 11.8 Å². The molecule has 5 atom stereocenters. The Hall–Kier alpha value is -2.48. The summed E-state index contributed by atoms with van der Waals surface area (Å²) in [5, 5.41) is 23.9. The van der Waals surface area contributed by atoms with Crippen molar-refractivity contribution in [3.8, 4) is 16.9 Å². The summed E-state index contributed by atoms with van der Waals surface area (Å²) in [5.74, 6) is 0.108. The Morgan fingerprint density at radius 2 is 1.94 bits per heavy atom. The van der Waals surface area contributed by atoms with E-state index in [0.717, 1.165) is 17.5 Å². The van der Waals surface area contributed by atoms with E-state index in [4.69, 9.17) is 9.47 Å². The first kappa shape index (κ1) is 25.1. The van der Waals surface area contributed by atoms with Gasteiger partial charge in [-0.15, -0.1) is 0 Å². The minimum Gasteiger partial charge on any atom is -0.462 e. The quantitative estimate of drug-likeness (QED) is 0.561. The summed E-state index contributed by atoms with van der Waals surface area (Å²) in [4.78, 5) is 11.2. The summed E-state index contributed by atoms with van der Waals surface area (Å²) in [7, 11) is 0. The van der Waals surface area contributed by atoms with E-state index in [1.807, 2.05) is 13.0 Å². The second kappa shape index (κ2) is 11.1. The number of hydrogen-bond donors (Lipinski definition) is 3. The van der Waals surface area contributed by atoms with Gasteiger partial charge in [-0.2, -0.15) is 0 Å². The van der Waals surface area contributed by atoms with E-state index in [2.05, 4.69) is 19.2 Å². The van der Waals surface area contributed by atoms with Crippen molar-refractivity contribution in [1.82, 2.24) is 5.32 Å². The highest BCUT2D eigenvalue weighted by atomic mass is 19.1. The molecule has 33 heavy (non-hydrogen) atoms. The summed E-state index contributed by atoms with van der Waals surface area (Å²) >= 11 is 0. The highest BCUT2D eigenvalue weighted by molar-refractivity contribution is 5.73. The molecule has 180 valence electrons. The van der Waals surface area contributed by atoms with E-state index < -0.39 is 18.5 Å². The van der Waals surface area contributed by atoms with E-state index in [0.29, 0.717) is 30.2 Å². The van der Waals surface area contributed by atoms with Gasteiger partial charge in [-0.1, -0.05) is 39.0 Å². The Bertz CT molecular complexity index is 950. The predicted molar refractivity (Wildman–Crippen MR) is 124 cm³/mol. The second-order valence-electron chi connectivity index (χ2n) is 9.19. The first-order valence-corrected chi connectivity index (χ1v) is 11.5. The van der Waals surface area contributed by atoms with E-state index >= 15 is 0 Å². The van der Waals surface area contributed by atoms with Gasteiger partial charge in [0.15, 0.2) is 0 Å². The zero-order chi connectivity index (χ0) is 24.1. The zero-order valence-electron chi connectivity index (χ0n) is 19.6. The first-order chi connectivity index (χ1) is 15.7. The number of aliphatic hydroxyl groups excluding tert-OH is 2. The number of benzene rings is 2. The van der Waals surface area contributed by atoms with Crippen LogP contribution in [0.25, 0.3) is 11.1 Å². The maximum absolute atomic E-state index is 13.9. The molecule has 0 unspecified atom stereocenters.